The Morgan fingerprint density at radius 3 is 2.74 bits per heavy atom. The average molecular weight is 344 g/mol. The van der Waals surface area contributed by atoms with Crippen molar-refractivity contribution < 1.29 is 27.8 Å². The fraction of sp³-hybridized carbons (Fsp3) is 0.333. The van der Waals surface area contributed by atoms with Crippen LogP contribution >= 0.6 is 15.9 Å². The molecule has 6 nitrogen and oxygen atoms in total. The fourth-order valence-corrected chi connectivity index (χ4v) is 1.31. The van der Waals surface area contributed by atoms with E-state index in [-0.39, 0.29) is 23.4 Å². The van der Waals surface area contributed by atoms with Gasteiger partial charge in [-0.25, -0.2) is 4.79 Å². The zero-order valence-corrected chi connectivity index (χ0v) is 10.9. The van der Waals surface area contributed by atoms with Gasteiger partial charge in [0.25, 0.3) is 0 Å². The van der Waals surface area contributed by atoms with Crippen molar-refractivity contribution in [1.29, 1.82) is 0 Å². The van der Waals surface area contributed by atoms with Crippen LogP contribution in [-0.4, -0.2) is 35.6 Å². The molecule has 3 N–H and O–H groups in total. The molecule has 0 atom stereocenters. The van der Waals surface area contributed by atoms with E-state index in [0.717, 1.165) is 0 Å². The van der Waals surface area contributed by atoms with E-state index < -0.39 is 18.3 Å². The van der Waals surface area contributed by atoms with E-state index in [2.05, 4.69) is 36.3 Å². The maximum atomic E-state index is 12.1. The van der Waals surface area contributed by atoms with Gasteiger partial charge in [-0.2, -0.15) is 4.98 Å². The van der Waals surface area contributed by atoms with Crippen molar-refractivity contribution in [3.63, 3.8) is 0 Å². The Balaban J connectivity index is 2.76. The molecule has 1 aromatic heterocycles. The molecule has 1 heterocycles. The number of hydrogen-bond acceptors (Lipinski definition) is 4. The first kappa shape index (κ1) is 15.5. The van der Waals surface area contributed by atoms with Gasteiger partial charge >= 0.3 is 12.4 Å². The van der Waals surface area contributed by atoms with Gasteiger partial charge in [0.2, 0.25) is 5.88 Å². The number of aromatic nitrogens is 1. The molecule has 0 fully saturated rings. The minimum atomic E-state index is -4.88. The monoisotopic (exact) mass is 343 g/mol. The van der Waals surface area contributed by atoms with Gasteiger partial charge in [0.1, 0.15) is 5.82 Å². The first-order valence-electron chi connectivity index (χ1n) is 4.90. The number of halogens is 4. The molecule has 1 rings (SSSR count). The molecule has 106 valence electrons. The number of anilines is 1. The van der Waals surface area contributed by atoms with Crippen LogP contribution in [0.25, 0.3) is 0 Å². The number of urea groups is 1. The Hall–Kier alpha value is -1.55. The smallest absolute Gasteiger partial charge is 0.395 e. The van der Waals surface area contributed by atoms with Gasteiger partial charge in [0, 0.05) is 6.54 Å². The minimum absolute atomic E-state index is 0.00820. The molecule has 19 heavy (non-hydrogen) atoms. The van der Waals surface area contributed by atoms with E-state index in [1.54, 1.807) is 0 Å². The zero-order chi connectivity index (χ0) is 14.5. The van der Waals surface area contributed by atoms with Crippen molar-refractivity contribution in [2.75, 3.05) is 18.5 Å². The SMILES string of the molecule is O=C(NCCO)Nc1ccc(Br)c(OC(F)(F)F)n1. The number of carbonyl (C=O) groups excluding carboxylic acids is 1. The van der Waals surface area contributed by atoms with Crippen molar-refractivity contribution in [3.05, 3.63) is 16.6 Å². The lowest BCUT2D eigenvalue weighted by Gasteiger charge is -2.11. The van der Waals surface area contributed by atoms with Gasteiger partial charge < -0.3 is 15.2 Å². The maximum Gasteiger partial charge on any atom is 0.574 e. The van der Waals surface area contributed by atoms with Crippen molar-refractivity contribution >= 4 is 27.8 Å². The number of rotatable bonds is 4. The number of alkyl halides is 3. The highest BCUT2D eigenvalue weighted by molar-refractivity contribution is 9.10. The second kappa shape index (κ2) is 6.57. The van der Waals surface area contributed by atoms with Crippen molar-refractivity contribution in [1.82, 2.24) is 10.3 Å². The average Bonchev–Trinajstić information content (AvgIpc) is 2.29. The lowest BCUT2D eigenvalue weighted by molar-refractivity contribution is -0.276. The van der Waals surface area contributed by atoms with Crippen molar-refractivity contribution in [2.24, 2.45) is 0 Å². The lowest BCUT2D eigenvalue weighted by atomic mass is 10.4. The summed E-state index contributed by atoms with van der Waals surface area (Å²) in [6, 6.07) is 1.82. The summed E-state index contributed by atoms with van der Waals surface area (Å²) < 4.78 is 39.9. The molecule has 0 radical (unpaired) electrons. The first-order chi connectivity index (χ1) is 8.81. The van der Waals surface area contributed by atoms with Crippen LogP contribution in [0, 0.1) is 0 Å². The van der Waals surface area contributed by atoms with Crippen molar-refractivity contribution in [3.8, 4) is 5.88 Å². The Kier molecular flexibility index (Phi) is 5.36. The summed E-state index contributed by atoms with van der Waals surface area (Å²) in [5, 5.41) is 12.9. The Morgan fingerprint density at radius 1 is 1.47 bits per heavy atom. The predicted octanol–water partition coefficient (Wildman–Crippen LogP) is 1.86. The van der Waals surface area contributed by atoms with E-state index in [1.807, 2.05) is 0 Å². The highest BCUT2D eigenvalue weighted by atomic mass is 79.9. The van der Waals surface area contributed by atoms with Crippen LogP contribution < -0.4 is 15.4 Å². The molecule has 0 aliphatic heterocycles. The number of aliphatic hydroxyl groups excluding tert-OH is 1. The van der Waals surface area contributed by atoms with Crippen LogP contribution in [0.3, 0.4) is 0 Å². The quantitative estimate of drug-likeness (QED) is 0.779. The number of carbonyl (C=O) groups is 1. The number of aliphatic hydroxyl groups is 1. The molecule has 0 saturated carbocycles. The highest BCUT2D eigenvalue weighted by Gasteiger charge is 2.32. The van der Waals surface area contributed by atoms with E-state index in [0.29, 0.717) is 0 Å². The molecule has 0 aliphatic rings. The summed E-state index contributed by atoms with van der Waals surface area (Å²) in [5.41, 5.74) is 0. The van der Waals surface area contributed by atoms with E-state index in [4.69, 9.17) is 5.11 Å². The molecule has 0 aliphatic carbocycles. The van der Waals surface area contributed by atoms with Crippen LogP contribution in [0.2, 0.25) is 0 Å². The molecule has 0 bridgehead atoms. The fourth-order valence-electron chi connectivity index (χ4n) is 1.00. The summed E-state index contributed by atoms with van der Waals surface area (Å²) in [6.07, 6.45) is -4.88. The molecular formula is C9H9BrF3N3O3. The van der Waals surface area contributed by atoms with Crippen LogP contribution in [0.1, 0.15) is 0 Å². The molecule has 1 aromatic rings. The van der Waals surface area contributed by atoms with E-state index in [1.165, 1.54) is 12.1 Å². The second-order valence-electron chi connectivity index (χ2n) is 3.14. The summed E-state index contributed by atoms with van der Waals surface area (Å²) in [6.45, 7) is -0.252. The Morgan fingerprint density at radius 2 is 2.16 bits per heavy atom. The minimum Gasteiger partial charge on any atom is -0.395 e. The largest absolute Gasteiger partial charge is 0.574 e. The van der Waals surface area contributed by atoms with Gasteiger partial charge in [-0.3, -0.25) is 5.32 Å². The second-order valence-corrected chi connectivity index (χ2v) is 3.99. The zero-order valence-electron chi connectivity index (χ0n) is 9.29. The number of amides is 2. The third-order valence-electron chi connectivity index (χ3n) is 1.67. The molecular weight excluding hydrogens is 335 g/mol. The predicted molar refractivity (Wildman–Crippen MR) is 62.7 cm³/mol. The third-order valence-corrected chi connectivity index (χ3v) is 2.27. The maximum absolute atomic E-state index is 12.1. The number of hydrogen-bond donors (Lipinski definition) is 3. The lowest BCUT2D eigenvalue weighted by Crippen LogP contribution is -2.31. The molecule has 0 unspecified atom stereocenters. The topological polar surface area (TPSA) is 83.5 Å². The standard InChI is InChI=1S/C9H9BrF3N3O3/c10-5-1-2-6(16-8(18)14-3-4-17)15-7(5)19-9(11,12)13/h1-2,17H,3-4H2,(H2,14,15,16,18). The third kappa shape index (κ3) is 5.75. The molecule has 0 saturated heterocycles. The number of pyridine rings is 1. The summed E-state index contributed by atoms with van der Waals surface area (Å²) in [4.78, 5) is 14.7. The molecule has 0 aromatic carbocycles. The van der Waals surface area contributed by atoms with Crippen LogP contribution in [0.4, 0.5) is 23.8 Å². The normalized spacial score (nSPS) is 11.0. The van der Waals surface area contributed by atoms with Crippen LogP contribution in [-0.2, 0) is 0 Å². The summed E-state index contributed by atoms with van der Waals surface area (Å²) >= 11 is 2.84. The van der Waals surface area contributed by atoms with Gasteiger partial charge in [0.15, 0.2) is 0 Å². The number of nitrogens with zero attached hydrogens (tertiary/aromatic N) is 1. The van der Waals surface area contributed by atoms with Gasteiger partial charge in [-0.15, -0.1) is 13.2 Å². The van der Waals surface area contributed by atoms with Gasteiger partial charge in [-0.05, 0) is 28.1 Å². The molecule has 10 heteroatoms. The molecule has 0 spiro atoms. The number of ether oxygens (including phenoxy) is 1. The highest BCUT2D eigenvalue weighted by Crippen LogP contribution is 2.29. The van der Waals surface area contributed by atoms with Crippen LogP contribution in [0.15, 0.2) is 16.6 Å². The number of nitrogens with one attached hydrogen (secondary N) is 2. The first-order valence-corrected chi connectivity index (χ1v) is 5.69. The molecule has 2 amide bonds. The van der Waals surface area contributed by atoms with E-state index >= 15 is 0 Å². The van der Waals surface area contributed by atoms with Crippen LogP contribution in [0.5, 0.6) is 5.88 Å². The Bertz CT molecular complexity index is 456. The van der Waals surface area contributed by atoms with Gasteiger partial charge in [-0.1, -0.05) is 0 Å². The summed E-state index contributed by atoms with van der Waals surface area (Å²) in [7, 11) is 0. The van der Waals surface area contributed by atoms with Crippen molar-refractivity contribution in [2.45, 2.75) is 6.36 Å². The Labute approximate surface area is 114 Å². The summed E-state index contributed by atoms with van der Waals surface area (Å²) in [5.74, 6) is -0.842. The van der Waals surface area contributed by atoms with Gasteiger partial charge in [0.05, 0.1) is 11.1 Å². The van der Waals surface area contributed by atoms with E-state index in [9.17, 15) is 18.0 Å².